The van der Waals surface area contributed by atoms with Crippen LogP contribution in [0.2, 0.25) is 0 Å². The van der Waals surface area contributed by atoms with Crippen molar-refractivity contribution < 1.29 is 9.59 Å². The van der Waals surface area contributed by atoms with Gasteiger partial charge in [-0.3, -0.25) is 14.9 Å². The van der Waals surface area contributed by atoms with Crippen LogP contribution in [-0.2, 0) is 4.79 Å². The molecule has 0 saturated carbocycles. The summed E-state index contributed by atoms with van der Waals surface area (Å²) in [5.41, 5.74) is 2.74. The van der Waals surface area contributed by atoms with Crippen molar-refractivity contribution in [3.63, 3.8) is 0 Å². The van der Waals surface area contributed by atoms with Crippen LogP contribution in [0.15, 0.2) is 35.6 Å². The summed E-state index contributed by atoms with van der Waals surface area (Å²) in [5.74, 6) is 0.304. The van der Waals surface area contributed by atoms with Gasteiger partial charge in [-0.15, -0.1) is 0 Å². The maximum atomic E-state index is 11.8. The number of anilines is 1. The van der Waals surface area contributed by atoms with Crippen molar-refractivity contribution in [3.05, 3.63) is 41.3 Å². The van der Waals surface area contributed by atoms with Crippen LogP contribution in [0.25, 0.3) is 23.0 Å². The highest BCUT2D eigenvalue weighted by Gasteiger charge is 2.25. The Morgan fingerprint density at radius 1 is 1.03 bits per heavy atom. The summed E-state index contributed by atoms with van der Waals surface area (Å²) >= 11 is 0.861. The number of likely N-dealkylation sites (N-methyl/N-ethyl adjacent to an activating group) is 1. The molecule has 0 aliphatic carbocycles. The van der Waals surface area contributed by atoms with E-state index >= 15 is 0 Å². The second kappa shape index (κ2) is 7.50. The fourth-order valence-corrected chi connectivity index (χ4v) is 4.01. The Bertz CT molecular complexity index is 1160. The summed E-state index contributed by atoms with van der Waals surface area (Å²) < 4.78 is 1.68. The molecule has 0 radical (unpaired) electrons. The van der Waals surface area contributed by atoms with Crippen LogP contribution in [0.5, 0.6) is 0 Å². The second-order valence-corrected chi connectivity index (χ2v) is 8.10. The van der Waals surface area contributed by atoms with Gasteiger partial charge in [0, 0.05) is 44.1 Å². The van der Waals surface area contributed by atoms with Crippen LogP contribution in [0.4, 0.5) is 10.7 Å². The fourth-order valence-electron chi connectivity index (χ4n) is 3.34. The maximum Gasteiger partial charge on any atom is 0.290 e. The van der Waals surface area contributed by atoms with E-state index in [1.165, 1.54) is 0 Å². The minimum absolute atomic E-state index is 0.313. The van der Waals surface area contributed by atoms with Gasteiger partial charge in [-0.25, -0.2) is 19.5 Å². The zero-order valence-corrected chi connectivity index (χ0v) is 17.0. The lowest BCUT2D eigenvalue weighted by molar-refractivity contribution is -0.115. The molecule has 5 heterocycles. The molecule has 11 heteroatoms. The molecule has 0 unspecified atom stereocenters. The molecular weight excluding hydrogens is 404 g/mol. The lowest BCUT2D eigenvalue weighted by atomic mass is 10.2. The van der Waals surface area contributed by atoms with Gasteiger partial charge in [-0.2, -0.15) is 5.10 Å². The summed E-state index contributed by atoms with van der Waals surface area (Å²) in [6.45, 7) is 3.78. The van der Waals surface area contributed by atoms with Gasteiger partial charge in [0.1, 0.15) is 0 Å². The summed E-state index contributed by atoms with van der Waals surface area (Å²) in [5, 5.41) is 6.41. The van der Waals surface area contributed by atoms with Gasteiger partial charge in [0.05, 0.1) is 22.5 Å². The summed E-state index contributed by atoms with van der Waals surface area (Å²) in [7, 11) is 2.11. The molecule has 30 heavy (non-hydrogen) atoms. The molecule has 2 amide bonds. The summed E-state index contributed by atoms with van der Waals surface area (Å²) in [6, 6.07) is 3.56. The zero-order chi connectivity index (χ0) is 20.7. The van der Waals surface area contributed by atoms with E-state index in [4.69, 9.17) is 0 Å². The molecule has 152 valence electrons. The molecule has 3 aromatic heterocycles. The number of hydrogen-bond acceptors (Lipinski definition) is 9. The number of hydrogen-bond donors (Lipinski definition) is 1. The Labute approximate surface area is 176 Å². The second-order valence-electron chi connectivity index (χ2n) is 7.09. The first-order valence-corrected chi connectivity index (χ1v) is 10.2. The van der Waals surface area contributed by atoms with Crippen molar-refractivity contribution in [3.8, 4) is 11.3 Å². The summed E-state index contributed by atoms with van der Waals surface area (Å²) in [4.78, 5) is 41.4. The molecule has 2 aliphatic rings. The van der Waals surface area contributed by atoms with E-state index in [9.17, 15) is 9.59 Å². The predicted octanol–water partition coefficient (Wildman–Crippen LogP) is 1.26. The fraction of sp³-hybridized carbons (Fsp3) is 0.263. The van der Waals surface area contributed by atoms with Gasteiger partial charge in [-0.05, 0) is 37.0 Å². The molecule has 2 aliphatic heterocycles. The van der Waals surface area contributed by atoms with E-state index in [0.29, 0.717) is 22.2 Å². The van der Waals surface area contributed by atoms with Crippen LogP contribution in [0.1, 0.15) is 5.69 Å². The molecule has 2 saturated heterocycles. The molecule has 0 aromatic carbocycles. The average Bonchev–Trinajstić information content (AvgIpc) is 3.31. The van der Waals surface area contributed by atoms with Crippen molar-refractivity contribution >= 4 is 40.6 Å². The minimum atomic E-state index is -0.411. The molecule has 5 rings (SSSR count). The third-order valence-electron chi connectivity index (χ3n) is 5.02. The number of nitrogens with zero attached hydrogens (tertiary/aromatic N) is 7. The predicted molar refractivity (Wildman–Crippen MR) is 113 cm³/mol. The van der Waals surface area contributed by atoms with E-state index in [1.807, 2.05) is 6.07 Å². The van der Waals surface area contributed by atoms with Gasteiger partial charge >= 0.3 is 0 Å². The number of piperazine rings is 1. The first kappa shape index (κ1) is 18.7. The summed E-state index contributed by atoms with van der Waals surface area (Å²) in [6.07, 6.45) is 6.85. The third kappa shape index (κ3) is 3.53. The normalized spacial score (nSPS) is 19.1. The maximum absolute atomic E-state index is 11.8. The Morgan fingerprint density at radius 2 is 1.80 bits per heavy atom. The van der Waals surface area contributed by atoms with Crippen molar-refractivity contribution in [2.24, 2.45) is 0 Å². The largest absolute Gasteiger partial charge is 0.338 e. The molecule has 2 fully saturated rings. The quantitative estimate of drug-likeness (QED) is 0.624. The SMILES string of the molecule is CN1CCN(c2ncc(-c3cnc4ccc(/C=C5\SC(=O)NC5=O)nn34)cn2)CC1. The Morgan fingerprint density at radius 3 is 2.50 bits per heavy atom. The van der Waals surface area contributed by atoms with Gasteiger partial charge in [0.2, 0.25) is 5.95 Å². The molecule has 3 aromatic rings. The molecular formula is C19H18N8O2S. The molecule has 0 atom stereocenters. The topological polar surface area (TPSA) is 109 Å². The number of imide groups is 1. The Balaban J connectivity index is 1.44. The number of carbonyl (C=O) groups excluding carboxylic acids is 2. The van der Waals surface area contributed by atoms with E-state index in [0.717, 1.165) is 49.2 Å². The number of aromatic nitrogens is 5. The average molecular weight is 422 g/mol. The number of carbonyl (C=O) groups is 2. The molecule has 0 bridgehead atoms. The van der Waals surface area contributed by atoms with E-state index in [-0.39, 0.29) is 5.24 Å². The number of fused-ring (bicyclic) bond motifs is 1. The van der Waals surface area contributed by atoms with Crippen molar-refractivity contribution in [2.75, 3.05) is 38.1 Å². The lowest BCUT2D eigenvalue weighted by Crippen LogP contribution is -2.45. The Kier molecular flexibility index (Phi) is 4.68. The first-order valence-electron chi connectivity index (χ1n) is 9.42. The number of rotatable bonds is 3. The van der Waals surface area contributed by atoms with Gasteiger partial charge < -0.3 is 9.80 Å². The van der Waals surface area contributed by atoms with E-state index in [2.05, 4.69) is 42.2 Å². The standard InChI is InChI=1S/C19H18N8O2S/c1-25-4-6-26(7-5-25)18-21-9-12(10-22-18)14-11-20-16-3-2-13(24-27(14)16)8-15-17(28)23-19(29)30-15/h2-3,8-11H,4-7H2,1H3,(H,23,28,29)/b15-8-. The highest BCUT2D eigenvalue weighted by Crippen LogP contribution is 2.26. The van der Waals surface area contributed by atoms with Crippen LogP contribution in [0, 0.1) is 0 Å². The molecule has 1 N–H and O–H groups in total. The van der Waals surface area contributed by atoms with Crippen molar-refractivity contribution in [1.82, 2.24) is 34.8 Å². The highest BCUT2D eigenvalue weighted by molar-refractivity contribution is 8.18. The molecule has 0 spiro atoms. The number of imidazole rings is 1. The third-order valence-corrected chi connectivity index (χ3v) is 5.83. The van der Waals surface area contributed by atoms with Gasteiger partial charge in [-0.1, -0.05) is 0 Å². The lowest BCUT2D eigenvalue weighted by Gasteiger charge is -2.32. The van der Waals surface area contributed by atoms with E-state index in [1.54, 1.807) is 35.2 Å². The van der Waals surface area contributed by atoms with Crippen molar-refractivity contribution in [2.45, 2.75) is 0 Å². The number of nitrogens with one attached hydrogen (secondary N) is 1. The number of amides is 2. The van der Waals surface area contributed by atoms with Crippen molar-refractivity contribution in [1.29, 1.82) is 0 Å². The molecule has 10 nitrogen and oxygen atoms in total. The van der Waals surface area contributed by atoms with E-state index < -0.39 is 5.91 Å². The van der Waals surface area contributed by atoms with Gasteiger partial charge in [0.25, 0.3) is 11.1 Å². The van der Waals surface area contributed by atoms with Crippen LogP contribution >= 0.6 is 11.8 Å². The number of thioether (sulfide) groups is 1. The van der Waals surface area contributed by atoms with Gasteiger partial charge in [0.15, 0.2) is 5.65 Å². The minimum Gasteiger partial charge on any atom is -0.338 e. The first-order chi connectivity index (χ1) is 14.6. The highest BCUT2D eigenvalue weighted by atomic mass is 32.2. The zero-order valence-electron chi connectivity index (χ0n) is 16.1. The van der Waals surface area contributed by atoms with Crippen LogP contribution < -0.4 is 10.2 Å². The van der Waals surface area contributed by atoms with Crippen LogP contribution in [0.3, 0.4) is 0 Å². The Hall–Kier alpha value is -3.31. The smallest absolute Gasteiger partial charge is 0.290 e. The van der Waals surface area contributed by atoms with Crippen LogP contribution in [-0.4, -0.2) is 73.8 Å². The monoisotopic (exact) mass is 422 g/mol.